The lowest BCUT2D eigenvalue weighted by atomic mass is 9.84. The monoisotopic (exact) mass is 196 g/mol. The predicted molar refractivity (Wildman–Crippen MR) is 56.1 cm³/mol. The van der Waals surface area contributed by atoms with Gasteiger partial charge in [0.1, 0.15) is 0 Å². The van der Waals surface area contributed by atoms with Crippen molar-refractivity contribution in [2.75, 3.05) is 13.1 Å². The van der Waals surface area contributed by atoms with Crippen molar-refractivity contribution < 1.29 is 4.79 Å². The zero-order chi connectivity index (χ0) is 10.2. The Morgan fingerprint density at radius 3 is 2.71 bits per heavy atom. The lowest BCUT2D eigenvalue weighted by Crippen LogP contribution is -2.48. The van der Waals surface area contributed by atoms with Crippen LogP contribution in [0.4, 0.5) is 4.79 Å². The summed E-state index contributed by atoms with van der Waals surface area (Å²) in [5, 5.41) is 3.05. The van der Waals surface area contributed by atoms with Crippen molar-refractivity contribution in [3.63, 3.8) is 0 Å². The highest BCUT2D eigenvalue weighted by molar-refractivity contribution is 5.75. The number of hydrogen-bond donors (Lipinski definition) is 1. The van der Waals surface area contributed by atoms with E-state index in [2.05, 4.69) is 19.2 Å². The van der Waals surface area contributed by atoms with E-state index in [1.165, 1.54) is 19.3 Å². The number of piperidine rings is 1. The predicted octanol–water partition coefficient (Wildman–Crippen LogP) is 1.98. The largest absolute Gasteiger partial charge is 0.335 e. The van der Waals surface area contributed by atoms with Gasteiger partial charge < -0.3 is 10.2 Å². The van der Waals surface area contributed by atoms with Crippen molar-refractivity contribution in [1.29, 1.82) is 0 Å². The average molecular weight is 196 g/mol. The second kappa shape index (κ2) is 3.44. The highest BCUT2D eigenvalue weighted by Crippen LogP contribution is 2.28. The van der Waals surface area contributed by atoms with Crippen LogP contribution in [0.1, 0.15) is 39.5 Å². The molecule has 2 rings (SSSR count). The van der Waals surface area contributed by atoms with Gasteiger partial charge in [0, 0.05) is 19.1 Å². The first kappa shape index (κ1) is 9.81. The molecule has 1 saturated heterocycles. The molecule has 0 unspecified atom stereocenters. The molecule has 0 aromatic carbocycles. The minimum absolute atomic E-state index is 0.153. The first-order valence-electron chi connectivity index (χ1n) is 5.62. The van der Waals surface area contributed by atoms with Gasteiger partial charge in [-0.1, -0.05) is 13.8 Å². The van der Waals surface area contributed by atoms with Crippen LogP contribution in [0, 0.1) is 5.41 Å². The van der Waals surface area contributed by atoms with Gasteiger partial charge in [-0.3, -0.25) is 0 Å². The third-order valence-electron chi connectivity index (χ3n) is 3.09. The summed E-state index contributed by atoms with van der Waals surface area (Å²) >= 11 is 0. The SMILES string of the molecule is CC1(C)CCCN(C(=O)NC2CC2)C1. The van der Waals surface area contributed by atoms with E-state index in [0.717, 1.165) is 19.5 Å². The fourth-order valence-electron chi connectivity index (χ4n) is 2.09. The average Bonchev–Trinajstić information content (AvgIpc) is 2.86. The first-order chi connectivity index (χ1) is 6.57. The number of hydrogen-bond acceptors (Lipinski definition) is 1. The smallest absolute Gasteiger partial charge is 0.317 e. The van der Waals surface area contributed by atoms with Crippen LogP contribution in [0.15, 0.2) is 0 Å². The van der Waals surface area contributed by atoms with Gasteiger partial charge in [-0.2, -0.15) is 0 Å². The fraction of sp³-hybridized carbons (Fsp3) is 0.909. The topological polar surface area (TPSA) is 32.3 Å². The van der Waals surface area contributed by atoms with Crippen LogP contribution in [0.25, 0.3) is 0 Å². The summed E-state index contributed by atoms with van der Waals surface area (Å²) in [6, 6.07) is 0.632. The van der Waals surface area contributed by atoms with Gasteiger partial charge in [-0.15, -0.1) is 0 Å². The molecule has 0 aromatic rings. The van der Waals surface area contributed by atoms with Crippen molar-refractivity contribution in [1.82, 2.24) is 10.2 Å². The fourth-order valence-corrected chi connectivity index (χ4v) is 2.09. The second-order valence-electron chi connectivity index (χ2n) is 5.41. The van der Waals surface area contributed by atoms with Crippen molar-refractivity contribution >= 4 is 6.03 Å². The molecule has 2 fully saturated rings. The lowest BCUT2D eigenvalue weighted by Gasteiger charge is -2.37. The minimum Gasteiger partial charge on any atom is -0.335 e. The molecule has 0 bridgehead atoms. The minimum atomic E-state index is 0.153. The molecule has 2 amide bonds. The number of carbonyl (C=O) groups is 1. The highest BCUT2D eigenvalue weighted by Gasteiger charge is 2.31. The maximum absolute atomic E-state index is 11.8. The third-order valence-corrected chi connectivity index (χ3v) is 3.09. The van der Waals surface area contributed by atoms with Crippen LogP contribution >= 0.6 is 0 Å². The molecule has 3 heteroatoms. The maximum Gasteiger partial charge on any atom is 0.317 e. The molecule has 1 aliphatic heterocycles. The number of amides is 2. The van der Waals surface area contributed by atoms with E-state index in [-0.39, 0.29) is 6.03 Å². The molecule has 1 heterocycles. The van der Waals surface area contributed by atoms with Gasteiger partial charge in [-0.25, -0.2) is 4.79 Å². The van der Waals surface area contributed by atoms with Crippen molar-refractivity contribution in [2.45, 2.75) is 45.6 Å². The van der Waals surface area contributed by atoms with E-state index in [0.29, 0.717) is 11.5 Å². The van der Waals surface area contributed by atoms with E-state index in [1.54, 1.807) is 0 Å². The molecular weight excluding hydrogens is 176 g/mol. The number of urea groups is 1. The Morgan fingerprint density at radius 2 is 2.14 bits per heavy atom. The van der Waals surface area contributed by atoms with Gasteiger partial charge in [0.2, 0.25) is 0 Å². The summed E-state index contributed by atoms with van der Waals surface area (Å²) in [4.78, 5) is 13.7. The zero-order valence-electron chi connectivity index (χ0n) is 9.18. The van der Waals surface area contributed by atoms with E-state index >= 15 is 0 Å². The molecule has 0 atom stereocenters. The van der Waals surface area contributed by atoms with Crippen LogP contribution in [-0.2, 0) is 0 Å². The Bertz CT molecular complexity index is 233. The molecule has 0 aromatic heterocycles. The quantitative estimate of drug-likeness (QED) is 0.683. The van der Waals surface area contributed by atoms with Gasteiger partial charge in [-0.05, 0) is 31.1 Å². The van der Waals surface area contributed by atoms with Crippen LogP contribution in [0.3, 0.4) is 0 Å². The van der Waals surface area contributed by atoms with Crippen LogP contribution in [-0.4, -0.2) is 30.1 Å². The number of nitrogens with zero attached hydrogens (tertiary/aromatic N) is 1. The summed E-state index contributed by atoms with van der Waals surface area (Å²) in [5.74, 6) is 0. The lowest BCUT2D eigenvalue weighted by molar-refractivity contribution is 0.129. The summed E-state index contributed by atoms with van der Waals surface area (Å²) < 4.78 is 0. The molecule has 0 radical (unpaired) electrons. The van der Waals surface area contributed by atoms with E-state index in [4.69, 9.17) is 0 Å². The Hall–Kier alpha value is -0.730. The molecule has 0 spiro atoms. The van der Waals surface area contributed by atoms with Crippen LogP contribution < -0.4 is 5.32 Å². The summed E-state index contributed by atoms with van der Waals surface area (Å²) in [6.45, 7) is 6.32. The van der Waals surface area contributed by atoms with Crippen molar-refractivity contribution in [3.05, 3.63) is 0 Å². The standard InChI is InChI=1S/C11H20N2O/c1-11(2)6-3-7-13(8-11)10(14)12-9-4-5-9/h9H,3-8H2,1-2H3,(H,12,14). The summed E-state index contributed by atoms with van der Waals surface area (Å²) in [7, 11) is 0. The van der Waals surface area contributed by atoms with E-state index < -0.39 is 0 Å². The molecule has 1 aliphatic carbocycles. The molecule has 3 nitrogen and oxygen atoms in total. The summed E-state index contributed by atoms with van der Waals surface area (Å²) in [6.07, 6.45) is 4.72. The number of nitrogens with one attached hydrogen (secondary N) is 1. The number of carbonyl (C=O) groups excluding carboxylic acids is 1. The van der Waals surface area contributed by atoms with E-state index in [9.17, 15) is 4.79 Å². The zero-order valence-corrected chi connectivity index (χ0v) is 9.18. The Kier molecular flexibility index (Phi) is 2.41. The Balaban J connectivity index is 1.86. The molecule has 1 N–H and O–H groups in total. The second-order valence-corrected chi connectivity index (χ2v) is 5.41. The Morgan fingerprint density at radius 1 is 1.43 bits per heavy atom. The molecular formula is C11H20N2O. The normalized spacial score (nSPS) is 26.0. The molecule has 2 aliphatic rings. The first-order valence-corrected chi connectivity index (χ1v) is 5.62. The van der Waals surface area contributed by atoms with Crippen molar-refractivity contribution in [2.24, 2.45) is 5.41 Å². The Labute approximate surface area is 85.8 Å². The number of likely N-dealkylation sites (tertiary alicyclic amines) is 1. The van der Waals surface area contributed by atoms with Crippen molar-refractivity contribution in [3.8, 4) is 0 Å². The van der Waals surface area contributed by atoms with Crippen LogP contribution in [0.5, 0.6) is 0 Å². The van der Waals surface area contributed by atoms with E-state index in [1.807, 2.05) is 4.90 Å². The molecule has 1 saturated carbocycles. The molecule has 14 heavy (non-hydrogen) atoms. The summed E-state index contributed by atoms with van der Waals surface area (Å²) in [5.41, 5.74) is 0.305. The van der Waals surface area contributed by atoms with Gasteiger partial charge in [0.25, 0.3) is 0 Å². The third kappa shape index (κ3) is 2.40. The van der Waals surface area contributed by atoms with Crippen LogP contribution in [0.2, 0.25) is 0 Å². The number of rotatable bonds is 1. The molecule has 80 valence electrons. The highest BCUT2D eigenvalue weighted by atomic mass is 16.2. The van der Waals surface area contributed by atoms with Gasteiger partial charge in [0.15, 0.2) is 0 Å². The van der Waals surface area contributed by atoms with Gasteiger partial charge >= 0.3 is 6.03 Å². The van der Waals surface area contributed by atoms with Gasteiger partial charge in [0.05, 0.1) is 0 Å². The maximum atomic E-state index is 11.8.